The average molecular weight is 444 g/mol. The van der Waals surface area contributed by atoms with Gasteiger partial charge in [0.15, 0.2) is 16.9 Å². The molecule has 1 aromatic carbocycles. The van der Waals surface area contributed by atoms with Crippen LogP contribution in [0.25, 0.3) is 11.3 Å². The van der Waals surface area contributed by atoms with Gasteiger partial charge in [0.1, 0.15) is 5.56 Å². The second kappa shape index (κ2) is 8.26. The topological polar surface area (TPSA) is 77.8 Å². The van der Waals surface area contributed by atoms with Gasteiger partial charge in [-0.1, -0.05) is 13.8 Å². The predicted molar refractivity (Wildman–Crippen MR) is 123 cm³/mol. The molecule has 6 nitrogen and oxygen atoms in total. The molecule has 0 amide bonds. The van der Waals surface area contributed by atoms with E-state index in [1.54, 1.807) is 18.9 Å². The van der Waals surface area contributed by atoms with Gasteiger partial charge in [-0.25, -0.2) is 4.79 Å². The van der Waals surface area contributed by atoms with Crippen LogP contribution in [0.15, 0.2) is 29.2 Å². The lowest BCUT2D eigenvalue weighted by atomic mass is 9.77. The molecule has 4 rings (SSSR count). The number of benzene rings is 1. The molecular weight excluding hydrogens is 414 g/mol. The Labute approximate surface area is 186 Å². The fourth-order valence-electron chi connectivity index (χ4n) is 5.19. The molecule has 1 fully saturated rings. The normalized spacial score (nSPS) is 20.5. The lowest BCUT2D eigenvalue weighted by Gasteiger charge is -2.40. The fourth-order valence-corrected chi connectivity index (χ4v) is 5.60. The number of carbonyl (C=O) groups is 1. The molecule has 1 aliphatic heterocycles. The van der Waals surface area contributed by atoms with Crippen molar-refractivity contribution in [1.29, 1.82) is 0 Å². The Morgan fingerprint density at radius 2 is 2.06 bits per heavy atom. The Hall–Kier alpha value is -2.41. The third kappa shape index (κ3) is 3.73. The summed E-state index contributed by atoms with van der Waals surface area (Å²) in [7, 11) is 1.61. The van der Waals surface area contributed by atoms with Crippen molar-refractivity contribution >= 4 is 17.7 Å². The van der Waals surface area contributed by atoms with Crippen LogP contribution >= 0.6 is 11.8 Å². The summed E-state index contributed by atoms with van der Waals surface area (Å²) in [4.78, 5) is 24.2. The van der Waals surface area contributed by atoms with Crippen molar-refractivity contribution in [2.75, 3.05) is 25.7 Å². The van der Waals surface area contributed by atoms with Crippen LogP contribution < -0.4 is 14.9 Å². The SMILES string of the molecule is COc1cc2c(cc1OCCCSC)[C@H]1CCC(C)(C)C1n1cc(C(=O)O)c(=O)cc1-2. The summed E-state index contributed by atoms with van der Waals surface area (Å²) in [6.45, 7) is 5.05. The molecule has 2 aliphatic rings. The second-order valence-electron chi connectivity index (χ2n) is 9.01. The third-order valence-corrected chi connectivity index (χ3v) is 7.35. The van der Waals surface area contributed by atoms with E-state index in [1.807, 2.05) is 10.6 Å². The molecule has 31 heavy (non-hydrogen) atoms. The number of fused-ring (bicyclic) bond motifs is 6. The summed E-state index contributed by atoms with van der Waals surface area (Å²) in [5, 5.41) is 9.52. The number of ether oxygens (including phenoxy) is 2. The van der Waals surface area contributed by atoms with Crippen molar-refractivity contribution in [3.63, 3.8) is 0 Å². The standard InChI is InChI=1S/C24H29NO5S/c1-24(2)7-6-14-15-10-21(30-8-5-9-31-4)20(29-3)11-16(15)18-12-19(26)17(23(27)28)13-25(18)22(14)24/h10-14,22H,5-9H2,1-4H3,(H,27,28)/t14-,22?/m1/s1. The van der Waals surface area contributed by atoms with Crippen LogP contribution in [-0.4, -0.2) is 41.4 Å². The van der Waals surface area contributed by atoms with Gasteiger partial charge in [-0.3, -0.25) is 4.79 Å². The van der Waals surface area contributed by atoms with Crippen molar-refractivity contribution in [2.45, 2.75) is 45.1 Å². The van der Waals surface area contributed by atoms with E-state index in [1.165, 1.54) is 12.3 Å². The average Bonchev–Trinajstić information content (AvgIpc) is 3.05. The van der Waals surface area contributed by atoms with Crippen LogP contribution in [0, 0.1) is 5.41 Å². The van der Waals surface area contributed by atoms with Gasteiger partial charge in [0.05, 0.1) is 19.4 Å². The number of aromatic carboxylic acids is 1. The van der Waals surface area contributed by atoms with Crippen molar-refractivity contribution in [3.8, 4) is 22.8 Å². The van der Waals surface area contributed by atoms with Gasteiger partial charge in [0.25, 0.3) is 0 Å². The van der Waals surface area contributed by atoms with Gasteiger partial charge in [-0.2, -0.15) is 11.8 Å². The number of hydrogen-bond acceptors (Lipinski definition) is 5. The van der Waals surface area contributed by atoms with Crippen LogP contribution in [0.5, 0.6) is 11.5 Å². The number of methoxy groups -OCH3 is 1. The highest BCUT2D eigenvalue weighted by molar-refractivity contribution is 7.98. The first-order chi connectivity index (χ1) is 14.8. The van der Waals surface area contributed by atoms with Crippen LogP contribution in [0.4, 0.5) is 0 Å². The number of nitrogens with zero attached hydrogens (tertiary/aromatic N) is 1. The number of carboxylic acids is 1. The molecule has 2 heterocycles. The van der Waals surface area contributed by atoms with Crippen LogP contribution in [0.3, 0.4) is 0 Å². The Bertz CT molecular complexity index is 1070. The summed E-state index contributed by atoms with van der Waals surface area (Å²) >= 11 is 1.79. The molecule has 1 saturated carbocycles. The van der Waals surface area contributed by atoms with Gasteiger partial charge in [0, 0.05) is 29.8 Å². The molecule has 2 aromatic rings. The van der Waals surface area contributed by atoms with Crippen LogP contribution in [0.2, 0.25) is 0 Å². The maximum atomic E-state index is 12.6. The van der Waals surface area contributed by atoms with Gasteiger partial charge >= 0.3 is 5.97 Å². The van der Waals surface area contributed by atoms with E-state index >= 15 is 0 Å². The molecule has 166 valence electrons. The van der Waals surface area contributed by atoms with Gasteiger partial charge in [0.2, 0.25) is 0 Å². The summed E-state index contributed by atoms with van der Waals surface area (Å²) < 4.78 is 13.7. The van der Waals surface area contributed by atoms with Crippen molar-refractivity contribution < 1.29 is 19.4 Å². The minimum atomic E-state index is -1.19. The number of hydrogen-bond donors (Lipinski definition) is 1. The summed E-state index contributed by atoms with van der Waals surface area (Å²) in [6, 6.07) is 5.55. The van der Waals surface area contributed by atoms with E-state index in [9.17, 15) is 14.7 Å². The lowest BCUT2D eigenvalue weighted by molar-refractivity contribution is 0.0693. The maximum Gasteiger partial charge on any atom is 0.341 e. The quantitative estimate of drug-likeness (QED) is 0.619. The molecule has 0 bridgehead atoms. The van der Waals surface area contributed by atoms with Gasteiger partial charge < -0.3 is 19.1 Å². The molecule has 1 aliphatic carbocycles. The van der Waals surface area contributed by atoms with Crippen molar-refractivity contribution in [2.24, 2.45) is 5.41 Å². The lowest BCUT2D eigenvalue weighted by Crippen LogP contribution is -2.32. The van der Waals surface area contributed by atoms with E-state index in [0.717, 1.165) is 47.6 Å². The smallest absolute Gasteiger partial charge is 0.341 e. The maximum absolute atomic E-state index is 12.6. The Morgan fingerprint density at radius 3 is 2.74 bits per heavy atom. The number of aromatic nitrogens is 1. The Morgan fingerprint density at radius 1 is 1.29 bits per heavy atom. The van der Waals surface area contributed by atoms with Crippen molar-refractivity contribution in [1.82, 2.24) is 4.57 Å². The Balaban J connectivity index is 1.88. The number of thioether (sulfide) groups is 1. The van der Waals surface area contributed by atoms with E-state index in [4.69, 9.17) is 9.47 Å². The van der Waals surface area contributed by atoms with E-state index in [-0.39, 0.29) is 22.9 Å². The van der Waals surface area contributed by atoms with Crippen LogP contribution in [-0.2, 0) is 0 Å². The highest BCUT2D eigenvalue weighted by atomic mass is 32.2. The summed E-state index contributed by atoms with van der Waals surface area (Å²) in [6.07, 6.45) is 6.59. The zero-order valence-electron chi connectivity index (χ0n) is 18.4. The predicted octanol–water partition coefficient (Wildman–Crippen LogP) is 4.81. The minimum absolute atomic E-state index is 0.0265. The minimum Gasteiger partial charge on any atom is -0.493 e. The zero-order valence-corrected chi connectivity index (χ0v) is 19.3. The van der Waals surface area contributed by atoms with E-state index in [0.29, 0.717) is 12.4 Å². The highest BCUT2D eigenvalue weighted by Crippen LogP contribution is 2.59. The first-order valence-electron chi connectivity index (χ1n) is 10.6. The first kappa shape index (κ1) is 21.8. The molecule has 0 spiro atoms. The molecule has 1 unspecified atom stereocenters. The van der Waals surface area contributed by atoms with E-state index < -0.39 is 11.4 Å². The molecule has 1 N–H and O–H groups in total. The number of rotatable bonds is 7. The van der Waals surface area contributed by atoms with Gasteiger partial charge in [-0.05, 0) is 54.4 Å². The number of pyridine rings is 1. The molecule has 2 atom stereocenters. The third-order valence-electron chi connectivity index (χ3n) is 6.65. The monoisotopic (exact) mass is 443 g/mol. The summed E-state index contributed by atoms with van der Waals surface area (Å²) in [5.74, 6) is 1.42. The first-order valence-corrected chi connectivity index (χ1v) is 12.0. The molecular formula is C24H29NO5S. The van der Waals surface area contributed by atoms with Gasteiger partial charge in [-0.15, -0.1) is 0 Å². The highest BCUT2D eigenvalue weighted by Gasteiger charge is 2.47. The molecule has 0 radical (unpaired) electrons. The molecule has 7 heteroatoms. The Kier molecular flexibility index (Phi) is 5.81. The second-order valence-corrected chi connectivity index (χ2v) is 10.00. The van der Waals surface area contributed by atoms with E-state index in [2.05, 4.69) is 26.2 Å². The molecule has 0 saturated heterocycles. The molecule has 1 aromatic heterocycles. The summed E-state index contributed by atoms with van der Waals surface area (Å²) in [5.41, 5.74) is 2.12. The number of carboxylic acid groups (broad SMARTS) is 1. The largest absolute Gasteiger partial charge is 0.493 e. The fraction of sp³-hybridized carbons (Fsp3) is 0.500. The van der Waals surface area contributed by atoms with Crippen LogP contribution in [0.1, 0.15) is 61.0 Å². The zero-order chi connectivity index (χ0) is 22.3. The van der Waals surface area contributed by atoms with Crippen molar-refractivity contribution in [3.05, 3.63) is 45.7 Å².